The van der Waals surface area contributed by atoms with Gasteiger partial charge in [-0.15, -0.1) is 0 Å². The predicted molar refractivity (Wildman–Crippen MR) is 89.5 cm³/mol. The number of alkyl halides is 6. The Labute approximate surface area is 160 Å². The normalized spacial score (nSPS) is 12.9. The fourth-order valence-electron chi connectivity index (χ4n) is 2.77. The molecule has 1 heterocycles. The second-order valence-electron chi connectivity index (χ2n) is 6.09. The molecule has 0 amide bonds. The van der Waals surface area contributed by atoms with Gasteiger partial charge in [-0.25, -0.2) is 4.68 Å². The second kappa shape index (κ2) is 7.58. The van der Waals surface area contributed by atoms with E-state index in [0.717, 1.165) is 16.8 Å². The summed E-state index contributed by atoms with van der Waals surface area (Å²) in [4.78, 5) is 11.6. The molecule has 0 spiro atoms. The molecule has 0 atom stereocenters. The summed E-state index contributed by atoms with van der Waals surface area (Å²) in [5.41, 5.74) is 0.190. The Bertz CT molecular complexity index is 874. The van der Waals surface area contributed by atoms with Gasteiger partial charge in [0.1, 0.15) is 12.4 Å². The summed E-state index contributed by atoms with van der Waals surface area (Å²) in [7, 11) is 0. The van der Waals surface area contributed by atoms with Crippen LogP contribution in [0.1, 0.15) is 18.2 Å². The SMILES string of the molecule is CCOC(=O)Cn1nc(C)c(-c2ccc(C(O)(C(F)(F)F)C(F)(F)F)cc2)c1N. The minimum Gasteiger partial charge on any atom is -0.465 e. The lowest BCUT2D eigenvalue weighted by Crippen LogP contribution is -2.53. The van der Waals surface area contributed by atoms with Gasteiger partial charge in [0.15, 0.2) is 0 Å². The largest absolute Gasteiger partial charge is 0.465 e. The van der Waals surface area contributed by atoms with Crippen LogP contribution in [0, 0.1) is 6.92 Å². The van der Waals surface area contributed by atoms with Crippen LogP contribution in [0.15, 0.2) is 24.3 Å². The zero-order chi connectivity index (χ0) is 22.2. The minimum absolute atomic E-state index is 0.0230. The number of hydrogen-bond acceptors (Lipinski definition) is 5. The molecule has 2 aromatic rings. The highest BCUT2D eigenvalue weighted by atomic mass is 19.4. The molecule has 0 saturated carbocycles. The highest BCUT2D eigenvalue weighted by Crippen LogP contribution is 2.50. The summed E-state index contributed by atoms with van der Waals surface area (Å²) < 4.78 is 83.8. The molecule has 2 rings (SSSR count). The van der Waals surface area contributed by atoms with Crippen molar-refractivity contribution < 1.29 is 41.0 Å². The monoisotopic (exact) mass is 425 g/mol. The van der Waals surface area contributed by atoms with E-state index in [2.05, 4.69) is 5.10 Å². The average Bonchev–Trinajstić information content (AvgIpc) is 2.86. The van der Waals surface area contributed by atoms with Gasteiger partial charge in [0.25, 0.3) is 5.60 Å². The number of nitrogens with two attached hydrogens (primary N) is 1. The molecule has 0 aliphatic rings. The molecule has 0 unspecified atom stereocenters. The number of ether oxygens (including phenoxy) is 1. The van der Waals surface area contributed by atoms with Crippen molar-refractivity contribution in [3.8, 4) is 11.1 Å². The molecule has 0 fully saturated rings. The molecular formula is C17H17F6N3O3. The van der Waals surface area contributed by atoms with Gasteiger partial charge in [0.2, 0.25) is 0 Å². The van der Waals surface area contributed by atoms with Crippen LogP contribution in [-0.2, 0) is 21.7 Å². The number of hydrogen-bond donors (Lipinski definition) is 2. The van der Waals surface area contributed by atoms with E-state index in [0.29, 0.717) is 17.8 Å². The zero-order valence-electron chi connectivity index (χ0n) is 15.2. The fourth-order valence-corrected chi connectivity index (χ4v) is 2.77. The van der Waals surface area contributed by atoms with Gasteiger partial charge in [-0.1, -0.05) is 24.3 Å². The van der Waals surface area contributed by atoms with Gasteiger partial charge in [0, 0.05) is 11.1 Å². The second-order valence-corrected chi connectivity index (χ2v) is 6.09. The summed E-state index contributed by atoms with van der Waals surface area (Å²) in [5.74, 6) is -0.644. The molecule has 0 aliphatic heterocycles. The van der Waals surface area contributed by atoms with Gasteiger partial charge in [-0.2, -0.15) is 31.4 Å². The third kappa shape index (κ3) is 4.02. The van der Waals surface area contributed by atoms with Gasteiger partial charge >= 0.3 is 18.3 Å². The number of anilines is 1. The number of carbonyl (C=O) groups excluding carboxylic acids is 1. The Balaban J connectivity index is 2.46. The molecule has 6 nitrogen and oxygen atoms in total. The number of rotatable bonds is 5. The van der Waals surface area contributed by atoms with Crippen LogP contribution >= 0.6 is 0 Å². The molecule has 0 radical (unpaired) electrons. The maximum absolute atomic E-state index is 13.0. The van der Waals surface area contributed by atoms with Gasteiger partial charge in [0.05, 0.1) is 12.3 Å². The number of aryl methyl sites for hydroxylation is 1. The molecule has 12 heteroatoms. The van der Waals surface area contributed by atoms with E-state index in [9.17, 15) is 36.2 Å². The van der Waals surface area contributed by atoms with Crippen LogP contribution in [0.2, 0.25) is 0 Å². The van der Waals surface area contributed by atoms with Crippen LogP contribution in [0.5, 0.6) is 0 Å². The number of nitrogen functional groups attached to an aromatic ring is 1. The minimum atomic E-state index is -5.98. The van der Waals surface area contributed by atoms with E-state index in [1.807, 2.05) is 0 Å². The predicted octanol–water partition coefficient (Wildman–Crippen LogP) is 3.32. The summed E-state index contributed by atoms with van der Waals surface area (Å²) in [6.07, 6.45) is -12.0. The van der Waals surface area contributed by atoms with Crippen molar-refractivity contribution in [2.75, 3.05) is 12.3 Å². The Hall–Kier alpha value is -2.76. The van der Waals surface area contributed by atoms with E-state index in [4.69, 9.17) is 10.5 Å². The Morgan fingerprint density at radius 2 is 1.66 bits per heavy atom. The first-order valence-electron chi connectivity index (χ1n) is 8.19. The third-order valence-corrected chi connectivity index (χ3v) is 4.16. The highest BCUT2D eigenvalue weighted by Gasteiger charge is 2.71. The van der Waals surface area contributed by atoms with E-state index >= 15 is 0 Å². The number of aromatic nitrogens is 2. The topological polar surface area (TPSA) is 90.4 Å². The summed E-state index contributed by atoms with van der Waals surface area (Å²) in [6, 6.07) is 2.93. The van der Waals surface area contributed by atoms with Crippen molar-refractivity contribution in [2.45, 2.75) is 38.3 Å². The van der Waals surface area contributed by atoms with E-state index in [1.165, 1.54) is 6.92 Å². The third-order valence-electron chi connectivity index (χ3n) is 4.16. The smallest absolute Gasteiger partial charge is 0.430 e. The Morgan fingerprint density at radius 3 is 2.10 bits per heavy atom. The molecule has 29 heavy (non-hydrogen) atoms. The number of benzene rings is 1. The van der Waals surface area contributed by atoms with Crippen LogP contribution < -0.4 is 5.73 Å². The van der Waals surface area contributed by atoms with Crippen molar-refractivity contribution >= 4 is 11.8 Å². The van der Waals surface area contributed by atoms with E-state index < -0.39 is 29.5 Å². The summed E-state index contributed by atoms with van der Waals surface area (Å²) in [5, 5.41) is 13.5. The number of carbonyl (C=O) groups is 1. The van der Waals surface area contributed by atoms with Gasteiger partial charge in [-0.05, 0) is 19.4 Å². The molecule has 1 aromatic carbocycles. The quantitative estimate of drug-likeness (QED) is 0.567. The first-order chi connectivity index (χ1) is 13.2. The number of nitrogens with zero attached hydrogens (tertiary/aromatic N) is 2. The van der Waals surface area contributed by atoms with Crippen LogP contribution in [0.25, 0.3) is 11.1 Å². The molecule has 0 bridgehead atoms. The maximum Gasteiger partial charge on any atom is 0.430 e. The lowest BCUT2D eigenvalue weighted by atomic mass is 9.90. The first kappa shape index (κ1) is 22.5. The van der Waals surface area contributed by atoms with Crippen molar-refractivity contribution in [3.63, 3.8) is 0 Å². The summed E-state index contributed by atoms with van der Waals surface area (Å²) >= 11 is 0. The van der Waals surface area contributed by atoms with Crippen molar-refractivity contribution in [1.82, 2.24) is 9.78 Å². The number of esters is 1. The highest BCUT2D eigenvalue weighted by molar-refractivity contribution is 5.78. The molecule has 1 aromatic heterocycles. The number of halogens is 6. The molecule has 0 aliphatic carbocycles. The molecule has 3 N–H and O–H groups in total. The Kier molecular flexibility index (Phi) is 5.89. The van der Waals surface area contributed by atoms with Crippen molar-refractivity contribution in [1.29, 1.82) is 0 Å². The molecular weight excluding hydrogens is 408 g/mol. The Morgan fingerprint density at radius 1 is 1.14 bits per heavy atom. The maximum atomic E-state index is 13.0. The first-order valence-corrected chi connectivity index (χ1v) is 8.19. The average molecular weight is 425 g/mol. The van der Waals surface area contributed by atoms with Crippen molar-refractivity contribution in [3.05, 3.63) is 35.5 Å². The van der Waals surface area contributed by atoms with Gasteiger partial charge < -0.3 is 15.6 Å². The standard InChI is InChI=1S/C17H17F6N3O3/c1-3-29-12(27)8-26-14(24)13(9(2)25-26)10-4-6-11(7-5-10)15(28,16(18,19)20)17(21,22)23/h4-7,28H,3,8,24H2,1-2H3. The lowest BCUT2D eigenvalue weighted by Gasteiger charge is -2.32. The van der Waals surface area contributed by atoms with Crippen LogP contribution in [-0.4, -0.2) is 39.8 Å². The van der Waals surface area contributed by atoms with Crippen molar-refractivity contribution in [2.24, 2.45) is 0 Å². The molecule has 0 saturated heterocycles. The van der Waals surface area contributed by atoms with Crippen LogP contribution in [0.3, 0.4) is 0 Å². The van der Waals surface area contributed by atoms with E-state index in [-0.39, 0.29) is 30.1 Å². The molecule has 160 valence electrons. The van der Waals surface area contributed by atoms with Gasteiger partial charge in [-0.3, -0.25) is 4.79 Å². The number of aliphatic hydroxyl groups is 1. The fraction of sp³-hybridized carbons (Fsp3) is 0.412. The lowest BCUT2D eigenvalue weighted by molar-refractivity contribution is -0.376. The zero-order valence-corrected chi connectivity index (χ0v) is 15.2. The summed E-state index contributed by atoms with van der Waals surface area (Å²) in [6.45, 7) is 2.92. The van der Waals surface area contributed by atoms with Crippen LogP contribution in [0.4, 0.5) is 32.2 Å². The van der Waals surface area contributed by atoms with E-state index in [1.54, 1.807) is 6.92 Å².